The molecule has 2 aromatic heterocycles. The number of benzene rings is 1. The molecule has 5 atom stereocenters. The van der Waals surface area contributed by atoms with Crippen LogP contribution in [0.1, 0.15) is 25.6 Å². The summed E-state index contributed by atoms with van der Waals surface area (Å²) in [5.41, 5.74) is -0.700. The smallest absolute Gasteiger partial charge is 0.373 e. The van der Waals surface area contributed by atoms with Crippen LogP contribution in [0.25, 0.3) is 11.2 Å². The zero-order valence-corrected chi connectivity index (χ0v) is 22.4. The molecule has 0 saturated carbocycles. The number of aliphatic hydroxyl groups is 2. The first-order valence-electron chi connectivity index (χ1n) is 12.2. The van der Waals surface area contributed by atoms with Gasteiger partial charge < -0.3 is 29.7 Å². The van der Waals surface area contributed by atoms with E-state index in [1.807, 2.05) is 24.8 Å². The molecule has 40 heavy (non-hydrogen) atoms. The van der Waals surface area contributed by atoms with Crippen LogP contribution in [0.5, 0.6) is 0 Å². The molecule has 13 nitrogen and oxygen atoms in total. The Balaban J connectivity index is 0.00000141. The van der Waals surface area contributed by atoms with Gasteiger partial charge in [0.25, 0.3) is 0 Å². The number of hydrogen-bond acceptors (Lipinski definition) is 11. The lowest BCUT2D eigenvalue weighted by Gasteiger charge is -2.26. The molecule has 3 aromatic rings. The summed E-state index contributed by atoms with van der Waals surface area (Å²) in [4.78, 5) is 43.0. The number of carbonyl (C=O) groups is 1. The molecule has 1 saturated heterocycles. The number of ether oxygens (including phenoxy) is 2. The number of aliphatic carboxylic acids is 1. The van der Waals surface area contributed by atoms with Crippen LogP contribution in [-0.4, -0.2) is 90.6 Å². The van der Waals surface area contributed by atoms with Gasteiger partial charge in [-0.15, -0.1) is 6.42 Å². The minimum Gasteiger partial charge on any atom is -0.479 e. The number of rotatable bonds is 10. The van der Waals surface area contributed by atoms with E-state index in [1.54, 1.807) is 24.3 Å². The van der Waals surface area contributed by atoms with E-state index in [4.69, 9.17) is 37.1 Å². The largest absolute Gasteiger partial charge is 0.479 e. The van der Waals surface area contributed by atoms with Crippen LogP contribution in [-0.2, 0) is 30.3 Å². The molecule has 212 valence electrons. The van der Waals surface area contributed by atoms with Crippen molar-refractivity contribution < 1.29 is 39.2 Å². The van der Waals surface area contributed by atoms with Gasteiger partial charge in [-0.1, -0.05) is 36.3 Å². The fraction of sp³-hybridized carbons (Fsp3) is 0.423. The molecule has 0 spiro atoms. The molecular weight excluding hydrogens is 546 g/mol. The van der Waals surface area contributed by atoms with Crippen molar-refractivity contribution in [2.24, 2.45) is 0 Å². The van der Waals surface area contributed by atoms with Gasteiger partial charge in [0.1, 0.15) is 12.2 Å². The van der Waals surface area contributed by atoms with Gasteiger partial charge in [-0.05, 0) is 31.0 Å². The van der Waals surface area contributed by atoms with Crippen molar-refractivity contribution in [3.63, 3.8) is 0 Å². The third-order valence-electron chi connectivity index (χ3n) is 6.45. The molecule has 14 heteroatoms. The summed E-state index contributed by atoms with van der Waals surface area (Å²) in [5, 5.41) is 31.8. The van der Waals surface area contributed by atoms with Gasteiger partial charge in [0, 0.05) is 19.5 Å². The second kappa shape index (κ2) is 13.5. The summed E-state index contributed by atoms with van der Waals surface area (Å²) < 4.78 is 13.0. The number of terminal acetylenes is 1. The van der Waals surface area contributed by atoms with Crippen molar-refractivity contribution in [2.75, 3.05) is 24.6 Å². The summed E-state index contributed by atoms with van der Waals surface area (Å²) in [6, 6.07) is 8.98. The zero-order chi connectivity index (χ0) is 29.4. The van der Waals surface area contributed by atoms with E-state index >= 15 is 0 Å². The van der Waals surface area contributed by atoms with Crippen molar-refractivity contribution in [3.05, 3.63) is 47.5 Å². The molecule has 0 bridgehead atoms. The Hall–Kier alpha value is -3.89. The van der Waals surface area contributed by atoms with Crippen molar-refractivity contribution in [1.29, 1.82) is 0 Å². The number of anilines is 1. The highest BCUT2D eigenvalue weighted by Crippen LogP contribution is 2.39. The van der Waals surface area contributed by atoms with Crippen LogP contribution in [0, 0.1) is 12.3 Å². The third kappa shape index (κ3) is 6.29. The lowest BCUT2D eigenvalue weighted by atomic mass is 9.93. The number of carboxylic acid groups (broad SMARTS) is 1. The molecular formula is C26H28ClN5O8. The normalized spacial score (nSPS) is 22.6. The van der Waals surface area contributed by atoms with Gasteiger partial charge in [0.15, 0.2) is 34.9 Å². The molecule has 3 N–H and O–H groups in total. The SMILES string of the molecule is C#C[C@@]1(O)[C@@H](COC(Cc2ccccc2)C(=O)O)O[C@@H](n2cnc3c(N(CC)CC)nc(Cl)nc32)[C@@H]1O.O=C=O. The molecule has 1 aliphatic heterocycles. The van der Waals surface area contributed by atoms with Crippen molar-refractivity contribution in [3.8, 4) is 12.3 Å². The third-order valence-corrected chi connectivity index (χ3v) is 6.62. The molecule has 1 aliphatic rings. The molecule has 1 fully saturated rings. The van der Waals surface area contributed by atoms with E-state index in [0.29, 0.717) is 24.4 Å². The molecule has 0 radical (unpaired) electrons. The van der Waals surface area contributed by atoms with Gasteiger partial charge in [-0.2, -0.15) is 19.6 Å². The van der Waals surface area contributed by atoms with E-state index in [0.717, 1.165) is 5.56 Å². The fourth-order valence-electron chi connectivity index (χ4n) is 4.37. The predicted molar refractivity (Wildman–Crippen MR) is 140 cm³/mol. The maximum Gasteiger partial charge on any atom is 0.373 e. The summed E-state index contributed by atoms with van der Waals surface area (Å²) >= 11 is 6.20. The van der Waals surface area contributed by atoms with Gasteiger partial charge >= 0.3 is 12.1 Å². The minimum atomic E-state index is -2.17. The van der Waals surface area contributed by atoms with Crippen LogP contribution >= 0.6 is 11.6 Å². The average molecular weight is 574 g/mol. The van der Waals surface area contributed by atoms with Gasteiger partial charge in [-0.3, -0.25) is 4.57 Å². The average Bonchev–Trinajstić information content (AvgIpc) is 3.46. The molecule has 1 aromatic carbocycles. The molecule has 0 aliphatic carbocycles. The number of hydrogen-bond donors (Lipinski definition) is 3. The topological polar surface area (TPSA) is 177 Å². The maximum atomic E-state index is 11.8. The van der Waals surface area contributed by atoms with Crippen LogP contribution in [0.4, 0.5) is 5.82 Å². The molecule has 3 heterocycles. The van der Waals surface area contributed by atoms with Crippen molar-refractivity contribution in [1.82, 2.24) is 19.5 Å². The first-order chi connectivity index (χ1) is 19.1. The Labute approximate surface area is 234 Å². The Morgan fingerprint density at radius 2 is 1.93 bits per heavy atom. The second-order valence-electron chi connectivity index (χ2n) is 8.68. The number of nitrogens with zero attached hydrogens (tertiary/aromatic N) is 5. The number of aliphatic hydroxyl groups excluding tert-OH is 1. The van der Waals surface area contributed by atoms with Crippen LogP contribution in [0.2, 0.25) is 5.28 Å². The minimum absolute atomic E-state index is 0.0269. The Morgan fingerprint density at radius 1 is 1.27 bits per heavy atom. The zero-order valence-electron chi connectivity index (χ0n) is 21.7. The Morgan fingerprint density at radius 3 is 2.50 bits per heavy atom. The van der Waals surface area contributed by atoms with Crippen LogP contribution < -0.4 is 4.90 Å². The van der Waals surface area contributed by atoms with Gasteiger partial charge in [0.2, 0.25) is 5.28 Å². The van der Waals surface area contributed by atoms with Gasteiger partial charge in [0.05, 0.1) is 12.9 Å². The van der Waals surface area contributed by atoms with Crippen LogP contribution in [0.3, 0.4) is 0 Å². The lowest BCUT2D eigenvalue weighted by molar-refractivity contribution is -0.191. The first-order valence-corrected chi connectivity index (χ1v) is 12.6. The Kier molecular flexibility index (Phi) is 10.3. The summed E-state index contributed by atoms with van der Waals surface area (Å²) in [6.45, 7) is 4.85. The van der Waals surface area contributed by atoms with Crippen molar-refractivity contribution >= 4 is 40.7 Å². The number of imidazole rings is 1. The fourth-order valence-corrected chi connectivity index (χ4v) is 4.53. The highest BCUT2D eigenvalue weighted by Gasteiger charge is 2.56. The molecule has 0 amide bonds. The van der Waals surface area contributed by atoms with E-state index in [-0.39, 0.29) is 30.1 Å². The molecule has 1 unspecified atom stereocenters. The number of aromatic nitrogens is 4. The Bertz CT molecular complexity index is 1390. The number of halogens is 1. The van der Waals surface area contributed by atoms with Gasteiger partial charge in [-0.25, -0.2) is 9.78 Å². The van der Waals surface area contributed by atoms with E-state index in [1.165, 1.54) is 10.9 Å². The van der Waals surface area contributed by atoms with E-state index in [2.05, 4.69) is 20.9 Å². The lowest BCUT2D eigenvalue weighted by Crippen LogP contribution is -2.48. The molecule has 4 rings (SSSR count). The number of carbonyl (C=O) groups excluding carboxylic acids is 2. The summed E-state index contributed by atoms with van der Waals surface area (Å²) in [5.74, 6) is 1.53. The van der Waals surface area contributed by atoms with E-state index < -0.39 is 36.1 Å². The highest BCUT2D eigenvalue weighted by molar-refractivity contribution is 6.28. The number of fused-ring (bicyclic) bond motifs is 1. The summed E-state index contributed by atoms with van der Waals surface area (Å²) in [7, 11) is 0. The first kappa shape index (κ1) is 30.6. The summed E-state index contributed by atoms with van der Waals surface area (Å²) in [6.07, 6.45) is 2.07. The van der Waals surface area contributed by atoms with Crippen molar-refractivity contribution in [2.45, 2.75) is 50.4 Å². The second-order valence-corrected chi connectivity index (χ2v) is 9.01. The quantitative estimate of drug-likeness (QED) is 0.232. The highest BCUT2D eigenvalue weighted by atomic mass is 35.5. The number of carboxylic acids is 1. The van der Waals surface area contributed by atoms with Crippen LogP contribution in [0.15, 0.2) is 36.7 Å². The van der Waals surface area contributed by atoms with E-state index in [9.17, 15) is 20.1 Å². The maximum absolute atomic E-state index is 11.8. The monoisotopic (exact) mass is 573 g/mol. The standard InChI is InChI=1S/C25H28ClN5O6.CO2/c1-4-25(35)17(13-36-16(23(33)34)12-15-10-8-7-9-11-15)37-22(19(25)32)31-14-27-18-20(30(5-2)6-3)28-24(26)29-21(18)31;2-1-3/h1,7-11,14,16-17,19,22,32,35H,5-6,12-13H2,2-3H3,(H,33,34);/t16?,17-,19+,22-,25-;/m1./s1. The predicted octanol–water partition coefficient (Wildman–Crippen LogP) is 1.08.